The molecule has 0 aliphatic rings. The molecule has 7 nitrogen and oxygen atoms in total. The van der Waals surface area contributed by atoms with Crippen LogP contribution < -0.4 is 14.8 Å². The van der Waals surface area contributed by atoms with Crippen LogP contribution in [0, 0.1) is 5.41 Å². The third-order valence-electron chi connectivity index (χ3n) is 3.60. The number of ether oxygens (including phenoxy) is 2. The average molecular weight is 372 g/mol. The van der Waals surface area contributed by atoms with Crippen molar-refractivity contribution in [2.45, 2.75) is 27.3 Å². The van der Waals surface area contributed by atoms with Crippen molar-refractivity contribution in [2.24, 2.45) is 5.41 Å². The maximum Gasteiger partial charge on any atom is 0.225 e. The molecule has 1 aromatic carbocycles. The molecule has 0 aromatic heterocycles. The van der Waals surface area contributed by atoms with E-state index in [2.05, 4.69) is 5.32 Å². The highest BCUT2D eigenvalue weighted by Gasteiger charge is 2.22. The molecule has 0 saturated carbocycles. The highest BCUT2D eigenvalue weighted by Crippen LogP contribution is 2.28. The number of amides is 1. The van der Waals surface area contributed by atoms with Crippen LogP contribution in [0.5, 0.6) is 11.5 Å². The van der Waals surface area contributed by atoms with Crippen LogP contribution in [0.1, 0.15) is 26.3 Å². The molecule has 142 valence electrons. The van der Waals surface area contributed by atoms with Gasteiger partial charge in [0.25, 0.3) is 0 Å². The summed E-state index contributed by atoms with van der Waals surface area (Å²) in [7, 11) is -0.356. The third-order valence-corrected chi connectivity index (χ3v) is 4.85. The molecule has 0 atom stereocenters. The van der Waals surface area contributed by atoms with Gasteiger partial charge in [0, 0.05) is 25.0 Å². The van der Waals surface area contributed by atoms with Crippen LogP contribution in [-0.2, 0) is 21.4 Å². The Balaban J connectivity index is 2.83. The maximum atomic E-state index is 12.0. The number of nitrogens with one attached hydrogen (secondary N) is 1. The van der Waals surface area contributed by atoms with Gasteiger partial charge in [-0.2, -0.15) is 4.31 Å². The first-order valence-corrected chi connectivity index (χ1v) is 9.78. The predicted molar refractivity (Wildman–Crippen MR) is 97.3 cm³/mol. The van der Waals surface area contributed by atoms with Crippen molar-refractivity contribution in [1.29, 1.82) is 0 Å². The van der Waals surface area contributed by atoms with Crippen LogP contribution in [0.4, 0.5) is 0 Å². The van der Waals surface area contributed by atoms with Crippen LogP contribution in [0.3, 0.4) is 0 Å². The molecule has 0 radical (unpaired) electrons. The second-order valence-electron chi connectivity index (χ2n) is 6.79. The predicted octanol–water partition coefficient (Wildman–Crippen LogP) is 1.63. The summed E-state index contributed by atoms with van der Waals surface area (Å²) in [6.45, 7) is 6.04. The van der Waals surface area contributed by atoms with E-state index in [0.29, 0.717) is 11.5 Å². The highest BCUT2D eigenvalue weighted by molar-refractivity contribution is 7.88. The number of carbonyl (C=O) groups is 1. The first-order chi connectivity index (χ1) is 11.5. The van der Waals surface area contributed by atoms with Gasteiger partial charge in [0.15, 0.2) is 11.5 Å². The van der Waals surface area contributed by atoms with Crippen LogP contribution in [0.2, 0.25) is 0 Å². The second-order valence-corrected chi connectivity index (χ2v) is 8.77. The summed E-state index contributed by atoms with van der Waals surface area (Å²) in [5, 5.41) is 2.76. The molecule has 1 rings (SSSR count). The molecular formula is C17H28N2O5S. The lowest BCUT2D eigenvalue weighted by Crippen LogP contribution is -2.41. The molecule has 25 heavy (non-hydrogen) atoms. The van der Waals surface area contributed by atoms with Crippen LogP contribution in [-0.4, -0.2) is 52.2 Å². The van der Waals surface area contributed by atoms with Crippen LogP contribution >= 0.6 is 0 Å². The first kappa shape index (κ1) is 21.2. The third kappa shape index (κ3) is 6.55. The molecule has 1 N–H and O–H groups in total. The topological polar surface area (TPSA) is 84.9 Å². The molecule has 1 amide bonds. The van der Waals surface area contributed by atoms with E-state index >= 15 is 0 Å². The largest absolute Gasteiger partial charge is 0.493 e. The molecule has 0 spiro atoms. The molecule has 0 aliphatic heterocycles. The number of nitrogens with zero attached hydrogens (tertiary/aromatic N) is 1. The molecule has 0 bridgehead atoms. The summed E-state index contributed by atoms with van der Waals surface area (Å²) in [5.41, 5.74) is 0.254. The fraction of sp³-hybridized carbons (Fsp3) is 0.588. The van der Waals surface area contributed by atoms with E-state index in [-0.39, 0.29) is 25.5 Å². The van der Waals surface area contributed by atoms with E-state index in [1.165, 1.54) is 18.5 Å². The van der Waals surface area contributed by atoms with E-state index in [1.54, 1.807) is 39.0 Å². The van der Waals surface area contributed by atoms with Crippen molar-refractivity contribution in [1.82, 2.24) is 9.62 Å². The minimum absolute atomic E-state index is 0.118. The Kier molecular flexibility index (Phi) is 7.25. The van der Waals surface area contributed by atoms with Crippen molar-refractivity contribution in [3.8, 4) is 11.5 Å². The van der Waals surface area contributed by atoms with Gasteiger partial charge in [-0.05, 0) is 17.7 Å². The van der Waals surface area contributed by atoms with Gasteiger partial charge >= 0.3 is 0 Å². The van der Waals surface area contributed by atoms with Gasteiger partial charge in [0.2, 0.25) is 15.9 Å². The maximum absolute atomic E-state index is 12.0. The lowest BCUT2D eigenvalue weighted by Gasteiger charge is -2.23. The van der Waals surface area contributed by atoms with Crippen molar-refractivity contribution < 1.29 is 22.7 Å². The number of methoxy groups -OCH3 is 2. The molecule has 0 heterocycles. The minimum atomic E-state index is -3.42. The molecule has 0 fully saturated rings. The van der Waals surface area contributed by atoms with Crippen LogP contribution in [0.25, 0.3) is 0 Å². The molecular weight excluding hydrogens is 344 g/mol. The van der Waals surface area contributed by atoms with E-state index in [4.69, 9.17) is 9.47 Å². The lowest BCUT2D eigenvalue weighted by molar-refractivity contribution is -0.128. The quantitative estimate of drug-likeness (QED) is 0.750. The number of hydrogen-bond donors (Lipinski definition) is 1. The molecule has 0 unspecified atom stereocenters. The fourth-order valence-electron chi connectivity index (χ4n) is 2.10. The van der Waals surface area contributed by atoms with Gasteiger partial charge < -0.3 is 14.8 Å². The SMILES string of the molecule is COc1ccc(CN(CCNC(=O)C(C)(C)C)S(C)(=O)=O)cc1OC. The summed E-state index contributed by atoms with van der Waals surface area (Å²) < 4.78 is 35.8. The molecule has 1 aromatic rings. The monoisotopic (exact) mass is 372 g/mol. The van der Waals surface area contributed by atoms with E-state index in [0.717, 1.165) is 11.8 Å². The number of carbonyl (C=O) groups excluding carboxylic acids is 1. The van der Waals surface area contributed by atoms with E-state index in [1.807, 2.05) is 0 Å². The van der Waals surface area contributed by atoms with Crippen molar-refractivity contribution in [2.75, 3.05) is 33.6 Å². The summed E-state index contributed by atoms with van der Waals surface area (Å²) in [6.07, 6.45) is 1.15. The second kappa shape index (κ2) is 8.53. The number of hydrogen-bond acceptors (Lipinski definition) is 5. The van der Waals surface area contributed by atoms with Gasteiger partial charge in [0.05, 0.1) is 20.5 Å². The molecule has 0 saturated heterocycles. The van der Waals surface area contributed by atoms with Gasteiger partial charge in [-0.25, -0.2) is 8.42 Å². The zero-order valence-electron chi connectivity index (χ0n) is 15.8. The standard InChI is InChI=1S/C17H28N2O5S/c1-17(2,3)16(20)18-9-10-19(25(6,21)22)12-13-7-8-14(23-4)15(11-13)24-5/h7-8,11H,9-10,12H2,1-6H3,(H,18,20). The van der Waals surface area contributed by atoms with Gasteiger partial charge in [-0.3, -0.25) is 4.79 Å². The highest BCUT2D eigenvalue weighted by atomic mass is 32.2. The normalized spacial score (nSPS) is 12.1. The van der Waals surface area contributed by atoms with Crippen molar-refractivity contribution in [3.05, 3.63) is 23.8 Å². The van der Waals surface area contributed by atoms with Gasteiger partial charge in [-0.15, -0.1) is 0 Å². The van der Waals surface area contributed by atoms with Crippen molar-refractivity contribution in [3.63, 3.8) is 0 Å². The van der Waals surface area contributed by atoms with Gasteiger partial charge in [0.1, 0.15) is 0 Å². The average Bonchev–Trinajstić information content (AvgIpc) is 2.51. The smallest absolute Gasteiger partial charge is 0.225 e. The molecule has 0 aliphatic carbocycles. The minimum Gasteiger partial charge on any atom is -0.493 e. The Bertz CT molecular complexity index is 695. The Labute approximate surface area is 150 Å². The number of benzene rings is 1. The van der Waals surface area contributed by atoms with E-state index in [9.17, 15) is 13.2 Å². The zero-order valence-corrected chi connectivity index (χ0v) is 16.6. The molecule has 8 heteroatoms. The van der Waals surface area contributed by atoms with Crippen LogP contribution in [0.15, 0.2) is 18.2 Å². The summed E-state index contributed by atoms with van der Waals surface area (Å²) in [5.74, 6) is 0.996. The fourth-order valence-corrected chi connectivity index (χ4v) is 2.91. The Morgan fingerprint density at radius 2 is 1.76 bits per heavy atom. The van der Waals surface area contributed by atoms with Crippen molar-refractivity contribution >= 4 is 15.9 Å². The zero-order chi connectivity index (χ0) is 19.3. The Morgan fingerprint density at radius 1 is 1.16 bits per heavy atom. The number of sulfonamides is 1. The summed E-state index contributed by atoms with van der Waals surface area (Å²) >= 11 is 0. The van der Waals surface area contributed by atoms with E-state index < -0.39 is 15.4 Å². The Morgan fingerprint density at radius 3 is 2.24 bits per heavy atom. The lowest BCUT2D eigenvalue weighted by atomic mass is 9.96. The number of rotatable bonds is 8. The van der Waals surface area contributed by atoms with Gasteiger partial charge in [-0.1, -0.05) is 26.8 Å². The first-order valence-electron chi connectivity index (χ1n) is 7.93. The summed E-state index contributed by atoms with van der Waals surface area (Å²) in [4.78, 5) is 11.9. The summed E-state index contributed by atoms with van der Waals surface area (Å²) in [6, 6.07) is 5.26. The Hall–Kier alpha value is -1.80.